The van der Waals surface area contributed by atoms with E-state index in [4.69, 9.17) is 0 Å². The first-order chi connectivity index (χ1) is 13.5. The van der Waals surface area contributed by atoms with Crippen molar-refractivity contribution in [3.8, 4) is 5.69 Å². The third-order valence-electron chi connectivity index (χ3n) is 7.07. The standard InChI is InChI=1S/C23H24N2O3/c26-22(23-13-16-9-17(14-23)11-18(10-16)15-23)7-6-19-5-2-8-24(19)20-3-1-4-21(12-20)25(27)28/h1-8,12,16-18H,9-11,13-15H2/b7-6+. The molecule has 28 heavy (non-hydrogen) atoms. The monoisotopic (exact) mass is 376 g/mol. The van der Waals surface area contributed by atoms with Gasteiger partial charge in [0, 0.05) is 29.4 Å². The Morgan fingerprint density at radius 3 is 2.39 bits per heavy atom. The van der Waals surface area contributed by atoms with E-state index in [0.29, 0.717) is 0 Å². The summed E-state index contributed by atoms with van der Waals surface area (Å²) in [5.74, 6) is 2.52. The number of carbonyl (C=O) groups is 1. The van der Waals surface area contributed by atoms with Crippen LogP contribution in [0, 0.1) is 33.3 Å². The summed E-state index contributed by atoms with van der Waals surface area (Å²) in [6, 6.07) is 10.4. The molecule has 0 unspecified atom stereocenters. The molecule has 4 bridgehead atoms. The molecule has 0 atom stereocenters. The lowest BCUT2D eigenvalue weighted by Gasteiger charge is -2.55. The van der Waals surface area contributed by atoms with E-state index in [1.54, 1.807) is 18.2 Å². The van der Waals surface area contributed by atoms with E-state index in [1.807, 2.05) is 35.0 Å². The van der Waals surface area contributed by atoms with Gasteiger partial charge in [0.1, 0.15) is 0 Å². The molecule has 0 saturated heterocycles. The summed E-state index contributed by atoms with van der Waals surface area (Å²) in [6.45, 7) is 0. The molecular weight excluding hydrogens is 352 g/mol. The minimum Gasteiger partial charge on any atom is -0.317 e. The predicted octanol–water partition coefficient (Wildman–Crippen LogP) is 5.18. The van der Waals surface area contributed by atoms with Crippen molar-refractivity contribution in [2.45, 2.75) is 38.5 Å². The average Bonchev–Trinajstić information content (AvgIpc) is 3.13. The number of ketones is 1. The molecule has 4 aliphatic rings. The van der Waals surface area contributed by atoms with Gasteiger partial charge in [-0.3, -0.25) is 14.9 Å². The highest BCUT2D eigenvalue weighted by molar-refractivity contribution is 5.98. The number of nitro benzene ring substituents is 1. The number of nitrogens with zero attached hydrogens (tertiary/aromatic N) is 2. The van der Waals surface area contributed by atoms with Crippen LogP contribution in [-0.2, 0) is 4.79 Å². The van der Waals surface area contributed by atoms with Gasteiger partial charge in [-0.15, -0.1) is 0 Å². The Morgan fingerprint density at radius 2 is 1.75 bits per heavy atom. The number of benzene rings is 1. The zero-order chi connectivity index (χ0) is 19.3. The fourth-order valence-corrected chi connectivity index (χ4v) is 6.27. The maximum Gasteiger partial charge on any atom is 0.271 e. The molecule has 5 nitrogen and oxygen atoms in total. The van der Waals surface area contributed by atoms with Crippen LogP contribution < -0.4 is 0 Å². The Kier molecular flexibility index (Phi) is 4.00. The first kappa shape index (κ1) is 17.4. The largest absolute Gasteiger partial charge is 0.317 e. The van der Waals surface area contributed by atoms with Gasteiger partial charge in [0.05, 0.1) is 10.6 Å². The summed E-state index contributed by atoms with van der Waals surface area (Å²) in [6.07, 6.45) is 12.7. The molecule has 4 aliphatic carbocycles. The number of carbonyl (C=O) groups excluding carboxylic acids is 1. The summed E-state index contributed by atoms with van der Waals surface area (Å²) >= 11 is 0. The van der Waals surface area contributed by atoms with Crippen molar-refractivity contribution in [3.63, 3.8) is 0 Å². The van der Waals surface area contributed by atoms with E-state index >= 15 is 0 Å². The van der Waals surface area contributed by atoms with Crippen LogP contribution in [-0.4, -0.2) is 15.3 Å². The minimum atomic E-state index is -0.390. The number of rotatable bonds is 5. The second-order valence-corrected chi connectivity index (χ2v) is 8.98. The number of non-ortho nitro benzene ring substituents is 1. The number of hydrogen-bond acceptors (Lipinski definition) is 3. The molecule has 0 radical (unpaired) electrons. The first-order valence-corrected chi connectivity index (χ1v) is 10.2. The van der Waals surface area contributed by atoms with Gasteiger partial charge in [0.25, 0.3) is 5.69 Å². The molecule has 144 valence electrons. The van der Waals surface area contributed by atoms with E-state index in [9.17, 15) is 14.9 Å². The summed E-state index contributed by atoms with van der Waals surface area (Å²) in [5, 5.41) is 11.1. The maximum absolute atomic E-state index is 13.2. The number of aromatic nitrogens is 1. The molecule has 6 rings (SSSR count). The molecule has 1 aromatic heterocycles. The van der Waals surface area contributed by atoms with Crippen molar-refractivity contribution in [1.82, 2.24) is 4.57 Å². The smallest absolute Gasteiger partial charge is 0.271 e. The summed E-state index contributed by atoms with van der Waals surface area (Å²) < 4.78 is 1.89. The number of nitro groups is 1. The van der Waals surface area contributed by atoms with Crippen LogP contribution >= 0.6 is 0 Å². The number of allylic oxidation sites excluding steroid dienone is 1. The zero-order valence-corrected chi connectivity index (χ0v) is 15.8. The zero-order valence-electron chi connectivity index (χ0n) is 15.8. The SMILES string of the molecule is O=C(/C=C/c1cccn1-c1cccc([N+](=O)[O-])c1)C12CC3CC(CC(C3)C1)C2. The lowest BCUT2D eigenvalue weighted by atomic mass is 9.48. The lowest BCUT2D eigenvalue weighted by molar-refractivity contribution is -0.384. The highest BCUT2D eigenvalue weighted by Crippen LogP contribution is 2.60. The second-order valence-electron chi connectivity index (χ2n) is 8.98. The van der Waals surface area contributed by atoms with E-state index in [0.717, 1.165) is 48.4 Å². The predicted molar refractivity (Wildman–Crippen MR) is 107 cm³/mol. The first-order valence-electron chi connectivity index (χ1n) is 10.2. The van der Waals surface area contributed by atoms with Crippen molar-refractivity contribution >= 4 is 17.5 Å². The molecule has 4 saturated carbocycles. The Morgan fingerprint density at radius 1 is 1.07 bits per heavy atom. The fourth-order valence-electron chi connectivity index (χ4n) is 6.27. The summed E-state index contributed by atoms with van der Waals surface area (Å²) in [4.78, 5) is 23.9. The van der Waals surface area contributed by atoms with Crippen LogP contribution in [0.2, 0.25) is 0 Å². The van der Waals surface area contributed by atoms with Gasteiger partial charge >= 0.3 is 0 Å². The number of hydrogen-bond donors (Lipinski definition) is 0. The molecule has 0 aliphatic heterocycles. The summed E-state index contributed by atoms with van der Waals surface area (Å²) in [7, 11) is 0. The van der Waals surface area contributed by atoms with Crippen molar-refractivity contribution in [1.29, 1.82) is 0 Å². The Labute approximate surface area is 164 Å². The Balaban J connectivity index is 1.40. The van der Waals surface area contributed by atoms with E-state index in [2.05, 4.69) is 0 Å². The highest BCUT2D eigenvalue weighted by atomic mass is 16.6. The van der Waals surface area contributed by atoms with Crippen molar-refractivity contribution < 1.29 is 9.72 Å². The van der Waals surface area contributed by atoms with Gasteiger partial charge in [-0.25, -0.2) is 0 Å². The van der Waals surface area contributed by atoms with Gasteiger partial charge in [-0.1, -0.05) is 6.07 Å². The average molecular weight is 376 g/mol. The van der Waals surface area contributed by atoms with E-state index in [-0.39, 0.29) is 21.8 Å². The van der Waals surface area contributed by atoms with Gasteiger partial charge in [0.2, 0.25) is 0 Å². The van der Waals surface area contributed by atoms with Crippen molar-refractivity contribution in [3.05, 3.63) is 64.5 Å². The molecular formula is C23H24N2O3. The third kappa shape index (κ3) is 2.89. The third-order valence-corrected chi connectivity index (χ3v) is 7.07. The molecule has 1 heterocycles. The molecule has 5 heteroatoms. The van der Waals surface area contributed by atoms with Crippen molar-refractivity contribution in [2.75, 3.05) is 0 Å². The minimum absolute atomic E-state index is 0.0609. The van der Waals surface area contributed by atoms with Gasteiger partial charge in [0.15, 0.2) is 5.78 Å². The molecule has 2 aromatic rings. The van der Waals surface area contributed by atoms with Crippen LogP contribution in [0.3, 0.4) is 0 Å². The van der Waals surface area contributed by atoms with Crippen LogP contribution in [0.4, 0.5) is 5.69 Å². The molecule has 1 aromatic carbocycles. The highest BCUT2D eigenvalue weighted by Gasteiger charge is 2.53. The Bertz CT molecular complexity index is 936. The quantitative estimate of drug-likeness (QED) is 0.410. The van der Waals surface area contributed by atoms with Gasteiger partial charge in [-0.05, 0) is 86.6 Å². The van der Waals surface area contributed by atoms with Crippen LogP contribution in [0.25, 0.3) is 11.8 Å². The van der Waals surface area contributed by atoms with Crippen LogP contribution in [0.15, 0.2) is 48.7 Å². The van der Waals surface area contributed by atoms with E-state index < -0.39 is 0 Å². The van der Waals surface area contributed by atoms with Gasteiger partial charge in [-0.2, -0.15) is 0 Å². The molecule has 0 amide bonds. The molecule has 0 N–H and O–H groups in total. The lowest BCUT2D eigenvalue weighted by Crippen LogP contribution is -2.49. The van der Waals surface area contributed by atoms with E-state index in [1.165, 1.54) is 25.3 Å². The Hall–Kier alpha value is -2.69. The topological polar surface area (TPSA) is 65.1 Å². The van der Waals surface area contributed by atoms with Crippen LogP contribution in [0.5, 0.6) is 0 Å². The molecule has 0 spiro atoms. The second kappa shape index (κ2) is 6.43. The molecule has 4 fully saturated rings. The fraction of sp³-hybridized carbons (Fsp3) is 0.435. The van der Waals surface area contributed by atoms with Crippen LogP contribution in [0.1, 0.15) is 44.2 Å². The summed E-state index contributed by atoms with van der Waals surface area (Å²) in [5.41, 5.74) is 1.51. The maximum atomic E-state index is 13.2. The normalized spacial score (nSPS) is 30.8. The van der Waals surface area contributed by atoms with Gasteiger partial charge < -0.3 is 4.57 Å². The van der Waals surface area contributed by atoms with Crippen molar-refractivity contribution in [2.24, 2.45) is 23.2 Å².